The van der Waals surface area contributed by atoms with E-state index in [-0.39, 0.29) is 12.8 Å². The van der Waals surface area contributed by atoms with Crippen LogP contribution in [0.25, 0.3) is 21.5 Å². The summed E-state index contributed by atoms with van der Waals surface area (Å²) in [7, 11) is 1.37. The van der Waals surface area contributed by atoms with E-state index in [9.17, 15) is 4.79 Å². The van der Waals surface area contributed by atoms with E-state index in [0.29, 0.717) is 17.1 Å². The molecule has 0 atom stereocenters. The van der Waals surface area contributed by atoms with Gasteiger partial charge in [0, 0.05) is 10.8 Å². The molecule has 0 N–H and O–H groups in total. The monoisotopic (exact) mass is 280 g/mol. The third-order valence-corrected chi connectivity index (χ3v) is 3.77. The van der Waals surface area contributed by atoms with Gasteiger partial charge in [0.25, 0.3) is 0 Å². The molecule has 104 valence electrons. The molecule has 0 bridgehead atoms. The van der Waals surface area contributed by atoms with Crippen LogP contribution in [0.2, 0.25) is 0 Å². The van der Waals surface area contributed by atoms with Gasteiger partial charge in [0.2, 0.25) is 6.79 Å². The molecular weight excluding hydrogens is 268 g/mol. The van der Waals surface area contributed by atoms with Crippen molar-refractivity contribution in [1.82, 2.24) is 0 Å². The zero-order valence-electron chi connectivity index (χ0n) is 11.4. The van der Waals surface area contributed by atoms with Crippen LogP contribution in [-0.4, -0.2) is 19.9 Å². The minimum absolute atomic E-state index is 0.165. The van der Waals surface area contributed by atoms with Gasteiger partial charge in [0.1, 0.15) is 0 Å². The fourth-order valence-electron chi connectivity index (χ4n) is 2.82. The predicted octanol–water partition coefficient (Wildman–Crippen LogP) is 3.51. The van der Waals surface area contributed by atoms with Crippen molar-refractivity contribution in [3.05, 3.63) is 48.0 Å². The van der Waals surface area contributed by atoms with Crippen LogP contribution in [0, 0.1) is 0 Å². The number of benzene rings is 3. The van der Waals surface area contributed by atoms with Crippen LogP contribution in [0.5, 0.6) is 11.5 Å². The van der Waals surface area contributed by atoms with Crippen molar-refractivity contribution < 1.29 is 19.0 Å². The van der Waals surface area contributed by atoms with E-state index in [1.54, 1.807) is 6.07 Å². The molecule has 0 spiro atoms. The van der Waals surface area contributed by atoms with E-state index < -0.39 is 0 Å². The van der Waals surface area contributed by atoms with Crippen molar-refractivity contribution in [2.24, 2.45) is 0 Å². The number of carbonyl (C=O) groups excluding carboxylic acids is 1. The Morgan fingerprint density at radius 2 is 1.95 bits per heavy atom. The molecule has 0 saturated carbocycles. The minimum atomic E-state index is -0.381. The summed E-state index contributed by atoms with van der Waals surface area (Å²) in [5, 5.41) is 3.82. The minimum Gasteiger partial charge on any atom is -0.465 e. The number of methoxy groups -OCH3 is 1. The van der Waals surface area contributed by atoms with Crippen LogP contribution in [-0.2, 0) is 4.74 Å². The number of carbonyl (C=O) groups is 1. The highest BCUT2D eigenvalue weighted by Gasteiger charge is 2.24. The zero-order chi connectivity index (χ0) is 14.4. The van der Waals surface area contributed by atoms with Crippen LogP contribution in [0.4, 0.5) is 0 Å². The molecule has 21 heavy (non-hydrogen) atoms. The SMILES string of the molecule is COC(=O)c1cc2c(c3c1ccc1ccccc13)OCO2. The van der Waals surface area contributed by atoms with Gasteiger partial charge in [0.05, 0.1) is 12.7 Å². The molecule has 1 aliphatic rings. The Balaban J connectivity index is 2.21. The normalized spacial score (nSPS) is 12.8. The van der Waals surface area contributed by atoms with E-state index in [2.05, 4.69) is 0 Å². The Morgan fingerprint density at radius 3 is 2.81 bits per heavy atom. The molecule has 4 rings (SSSR count). The first-order valence-corrected chi connectivity index (χ1v) is 6.62. The summed E-state index contributed by atoms with van der Waals surface area (Å²) in [5.74, 6) is 0.891. The smallest absolute Gasteiger partial charge is 0.338 e. The fourth-order valence-corrected chi connectivity index (χ4v) is 2.82. The van der Waals surface area contributed by atoms with Crippen LogP contribution < -0.4 is 9.47 Å². The van der Waals surface area contributed by atoms with Crippen molar-refractivity contribution in [1.29, 1.82) is 0 Å². The molecule has 0 aliphatic carbocycles. The van der Waals surface area contributed by atoms with Gasteiger partial charge in [-0.1, -0.05) is 36.4 Å². The number of hydrogen-bond donors (Lipinski definition) is 0. The maximum atomic E-state index is 12.0. The summed E-state index contributed by atoms with van der Waals surface area (Å²) >= 11 is 0. The highest BCUT2D eigenvalue weighted by molar-refractivity contribution is 6.17. The fraction of sp³-hybridized carbons (Fsp3) is 0.118. The average molecular weight is 280 g/mol. The van der Waals surface area contributed by atoms with Gasteiger partial charge in [-0.2, -0.15) is 0 Å². The van der Waals surface area contributed by atoms with Gasteiger partial charge in [-0.3, -0.25) is 0 Å². The van der Waals surface area contributed by atoms with Crippen molar-refractivity contribution in [2.45, 2.75) is 0 Å². The van der Waals surface area contributed by atoms with E-state index in [1.807, 2.05) is 36.4 Å². The second-order valence-electron chi connectivity index (χ2n) is 4.86. The maximum absolute atomic E-state index is 12.0. The topological polar surface area (TPSA) is 44.8 Å². The standard InChI is InChI=1S/C17H12O4/c1-19-17(18)13-8-14-16(21-9-20-14)15-11-5-3-2-4-10(11)6-7-12(13)15/h2-8H,9H2,1H3. The second kappa shape index (κ2) is 4.38. The van der Waals surface area contributed by atoms with Gasteiger partial charge < -0.3 is 14.2 Å². The Morgan fingerprint density at radius 1 is 1.10 bits per heavy atom. The molecule has 4 nitrogen and oxygen atoms in total. The van der Waals surface area contributed by atoms with Crippen LogP contribution in [0.15, 0.2) is 42.5 Å². The Bertz CT molecular complexity index is 883. The first-order valence-electron chi connectivity index (χ1n) is 6.62. The largest absolute Gasteiger partial charge is 0.465 e. The first-order chi connectivity index (χ1) is 10.3. The quantitative estimate of drug-likeness (QED) is 0.505. The van der Waals surface area contributed by atoms with Crippen molar-refractivity contribution in [3.63, 3.8) is 0 Å². The molecule has 0 amide bonds. The number of ether oxygens (including phenoxy) is 3. The molecule has 1 heterocycles. The van der Waals surface area contributed by atoms with E-state index in [1.165, 1.54) is 7.11 Å². The van der Waals surface area contributed by atoms with E-state index >= 15 is 0 Å². The first kappa shape index (κ1) is 12.0. The summed E-state index contributed by atoms with van der Waals surface area (Å²) in [4.78, 5) is 12.0. The Kier molecular flexibility index (Phi) is 2.51. The molecule has 0 aromatic heterocycles. The third kappa shape index (κ3) is 1.65. The van der Waals surface area contributed by atoms with Gasteiger partial charge in [-0.15, -0.1) is 0 Å². The van der Waals surface area contributed by atoms with Gasteiger partial charge >= 0.3 is 5.97 Å². The molecular formula is C17H12O4. The van der Waals surface area contributed by atoms with Gasteiger partial charge in [-0.05, 0) is 16.8 Å². The highest BCUT2D eigenvalue weighted by Crippen LogP contribution is 2.44. The van der Waals surface area contributed by atoms with E-state index in [4.69, 9.17) is 14.2 Å². The lowest BCUT2D eigenvalue weighted by atomic mass is 9.97. The molecule has 1 aliphatic heterocycles. The molecule has 0 saturated heterocycles. The maximum Gasteiger partial charge on any atom is 0.338 e. The van der Waals surface area contributed by atoms with Gasteiger partial charge in [-0.25, -0.2) is 4.79 Å². The lowest BCUT2D eigenvalue weighted by molar-refractivity contribution is 0.0602. The lowest BCUT2D eigenvalue weighted by Crippen LogP contribution is -2.02. The van der Waals surface area contributed by atoms with Crippen molar-refractivity contribution in [3.8, 4) is 11.5 Å². The summed E-state index contributed by atoms with van der Waals surface area (Å²) < 4.78 is 16.0. The Hall–Kier alpha value is -2.75. The summed E-state index contributed by atoms with van der Waals surface area (Å²) in [6.45, 7) is 0.165. The number of fused-ring (bicyclic) bond motifs is 5. The molecule has 0 fully saturated rings. The summed E-state index contributed by atoms with van der Waals surface area (Å²) in [5.41, 5.74) is 0.488. The highest BCUT2D eigenvalue weighted by atomic mass is 16.7. The Labute approximate surface area is 120 Å². The summed E-state index contributed by atoms with van der Waals surface area (Å²) in [6.07, 6.45) is 0. The molecule has 3 aromatic carbocycles. The lowest BCUT2D eigenvalue weighted by Gasteiger charge is -2.10. The number of rotatable bonds is 1. The predicted molar refractivity (Wildman–Crippen MR) is 78.9 cm³/mol. The summed E-state index contributed by atoms with van der Waals surface area (Å²) in [6, 6.07) is 13.6. The molecule has 4 heteroatoms. The number of esters is 1. The van der Waals surface area contributed by atoms with Crippen molar-refractivity contribution in [2.75, 3.05) is 13.9 Å². The van der Waals surface area contributed by atoms with E-state index in [0.717, 1.165) is 21.5 Å². The molecule has 3 aromatic rings. The molecule has 0 radical (unpaired) electrons. The second-order valence-corrected chi connectivity index (χ2v) is 4.86. The zero-order valence-corrected chi connectivity index (χ0v) is 11.4. The van der Waals surface area contributed by atoms with Crippen LogP contribution >= 0.6 is 0 Å². The van der Waals surface area contributed by atoms with Crippen LogP contribution in [0.1, 0.15) is 10.4 Å². The average Bonchev–Trinajstić information content (AvgIpc) is 3.01. The molecule has 0 unspecified atom stereocenters. The van der Waals surface area contributed by atoms with Gasteiger partial charge in [0.15, 0.2) is 11.5 Å². The van der Waals surface area contributed by atoms with Crippen molar-refractivity contribution >= 4 is 27.5 Å². The van der Waals surface area contributed by atoms with Crippen LogP contribution in [0.3, 0.4) is 0 Å². The third-order valence-electron chi connectivity index (χ3n) is 3.77. The number of hydrogen-bond acceptors (Lipinski definition) is 4.